The van der Waals surface area contributed by atoms with Crippen LogP contribution in [0.2, 0.25) is 0 Å². The van der Waals surface area contributed by atoms with E-state index in [1.807, 2.05) is 0 Å². The highest BCUT2D eigenvalue weighted by Gasteiger charge is 2.41. The highest BCUT2D eigenvalue weighted by molar-refractivity contribution is 7.09. The topological polar surface area (TPSA) is 94.6 Å². The number of hydrogen-bond acceptors (Lipinski definition) is 6. The van der Waals surface area contributed by atoms with Crippen molar-refractivity contribution in [1.82, 2.24) is 20.5 Å². The van der Waals surface area contributed by atoms with E-state index < -0.39 is 23.2 Å². The van der Waals surface area contributed by atoms with Crippen LogP contribution in [0.4, 0.5) is 13.2 Å². The van der Waals surface area contributed by atoms with E-state index >= 15 is 0 Å². The number of likely N-dealkylation sites (tertiary alicyclic amines) is 1. The van der Waals surface area contributed by atoms with Gasteiger partial charge in [0.05, 0.1) is 28.5 Å². The van der Waals surface area contributed by atoms with Crippen LogP contribution in [0.3, 0.4) is 0 Å². The number of halogens is 3. The maximum absolute atomic E-state index is 12.8. The van der Waals surface area contributed by atoms with Crippen molar-refractivity contribution in [2.24, 2.45) is 0 Å². The lowest BCUT2D eigenvalue weighted by Crippen LogP contribution is -2.63. The molecule has 0 atom stereocenters. The fourth-order valence-electron chi connectivity index (χ4n) is 4.42. The first-order valence-electron chi connectivity index (χ1n) is 10.7. The fraction of sp³-hybridized carbons (Fsp3) is 0.500. The Kier molecular flexibility index (Phi) is 6.73. The summed E-state index contributed by atoms with van der Waals surface area (Å²) in [6.45, 7) is 1.07. The van der Waals surface area contributed by atoms with Crippen molar-refractivity contribution < 1.29 is 27.9 Å². The van der Waals surface area contributed by atoms with E-state index in [-0.39, 0.29) is 24.1 Å². The van der Waals surface area contributed by atoms with E-state index in [1.54, 1.807) is 11.7 Å². The van der Waals surface area contributed by atoms with Crippen LogP contribution >= 0.6 is 11.3 Å². The van der Waals surface area contributed by atoms with E-state index in [0.29, 0.717) is 32.0 Å². The predicted octanol–water partition coefficient (Wildman–Crippen LogP) is 2.52. The van der Waals surface area contributed by atoms with E-state index in [2.05, 4.69) is 20.5 Å². The van der Waals surface area contributed by atoms with Crippen molar-refractivity contribution in [2.45, 2.75) is 49.5 Å². The molecule has 11 heteroatoms. The number of carbonyl (C=O) groups is 2. The number of benzene rings is 1. The molecule has 0 spiro atoms. The second-order valence-electron chi connectivity index (χ2n) is 8.61. The molecule has 3 N–H and O–H groups in total. The van der Waals surface area contributed by atoms with Crippen LogP contribution in [0.15, 0.2) is 36.0 Å². The molecule has 7 nitrogen and oxygen atoms in total. The number of amides is 2. The number of aromatic nitrogens is 1. The van der Waals surface area contributed by atoms with Crippen molar-refractivity contribution in [3.05, 3.63) is 52.0 Å². The number of rotatable bonds is 6. The molecule has 4 rings (SSSR count). The number of alkyl halides is 3. The molecule has 2 aromatic rings. The van der Waals surface area contributed by atoms with Gasteiger partial charge in [-0.15, -0.1) is 11.3 Å². The van der Waals surface area contributed by atoms with Gasteiger partial charge in [0, 0.05) is 30.9 Å². The van der Waals surface area contributed by atoms with E-state index in [0.717, 1.165) is 35.9 Å². The average Bonchev–Trinajstić information content (AvgIpc) is 3.31. The second-order valence-corrected chi connectivity index (χ2v) is 9.49. The van der Waals surface area contributed by atoms with Crippen LogP contribution in [0.5, 0.6) is 0 Å². The van der Waals surface area contributed by atoms with Gasteiger partial charge < -0.3 is 15.7 Å². The summed E-state index contributed by atoms with van der Waals surface area (Å²) in [4.78, 5) is 31.5. The fourth-order valence-corrected chi connectivity index (χ4v) is 5.20. The minimum atomic E-state index is -4.54. The second kappa shape index (κ2) is 9.40. The molecule has 1 saturated carbocycles. The molecule has 178 valence electrons. The van der Waals surface area contributed by atoms with Gasteiger partial charge >= 0.3 is 6.18 Å². The van der Waals surface area contributed by atoms with Gasteiger partial charge in [0.2, 0.25) is 5.91 Å². The normalized spacial score (nSPS) is 24.2. The number of aliphatic hydroxyl groups is 1. The highest BCUT2D eigenvalue weighted by atomic mass is 32.1. The van der Waals surface area contributed by atoms with Crippen molar-refractivity contribution in [2.75, 3.05) is 19.6 Å². The summed E-state index contributed by atoms with van der Waals surface area (Å²) in [7, 11) is 0. The summed E-state index contributed by atoms with van der Waals surface area (Å²) < 4.78 is 38.4. The zero-order chi connectivity index (χ0) is 23.6. The van der Waals surface area contributed by atoms with Gasteiger partial charge in [-0.2, -0.15) is 13.2 Å². The minimum absolute atomic E-state index is 0.0368. The lowest BCUT2D eigenvalue weighted by molar-refractivity contribution is -0.137. The SMILES string of the molecule is O=C(CNC(=O)c1cccc(C(F)(F)F)c1)NC1CN([C@H]2CC[C@@](O)(c3cncs3)CC2)C1. The molecule has 1 aromatic heterocycles. The summed E-state index contributed by atoms with van der Waals surface area (Å²) in [5.41, 5.74) is -0.136. The van der Waals surface area contributed by atoms with Crippen LogP contribution in [0.1, 0.15) is 46.5 Å². The first-order chi connectivity index (χ1) is 15.6. The standard InChI is InChI=1S/C22H25F3N4O3S/c23-22(24,25)15-3-1-2-14(8-15)20(31)27-10-19(30)28-16-11-29(12-16)17-4-6-21(32,7-5-17)18-9-26-13-33-18/h1-3,8-9,13,16-17,32H,4-7,10-12H2,(H,27,31)(H,28,30)/t17-,21-. The Bertz CT molecular complexity index is 985. The highest BCUT2D eigenvalue weighted by Crippen LogP contribution is 2.40. The summed E-state index contributed by atoms with van der Waals surface area (Å²) in [5, 5.41) is 16.0. The van der Waals surface area contributed by atoms with Crippen molar-refractivity contribution in [3.63, 3.8) is 0 Å². The Hall–Kier alpha value is -2.50. The van der Waals surface area contributed by atoms with Gasteiger partial charge in [0.1, 0.15) is 5.60 Å². The lowest BCUT2D eigenvalue weighted by atomic mass is 9.80. The van der Waals surface area contributed by atoms with Crippen molar-refractivity contribution in [1.29, 1.82) is 0 Å². The lowest BCUT2D eigenvalue weighted by Gasteiger charge is -2.48. The molecule has 2 heterocycles. The maximum atomic E-state index is 12.8. The first-order valence-corrected chi connectivity index (χ1v) is 11.6. The molecule has 1 saturated heterocycles. The van der Waals surface area contributed by atoms with E-state index in [1.165, 1.54) is 17.4 Å². The zero-order valence-corrected chi connectivity index (χ0v) is 18.6. The molecule has 0 unspecified atom stereocenters. The number of hydrogen-bond donors (Lipinski definition) is 3. The van der Waals surface area contributed by atoms with E-state index in [9.17, 15) is 27.9 Å². The Labute approximate surface area is 193 Å². The molecule has 1 aliphatic carbocycles. The van der Waals surface area contributed by atoms with Gasteiger partial charge in [-0.1, -0.05) is 6.07 Å². The average molecular weight is 483 g/mol. The van der Waals surface area contributed by atoms with Gasteiger partial charge in [0.15, 0.2) is 0 Å². The Morgan fingerprint density at radius 2 is 1.97 bits per heavy atom. The van der Waals surface area contributed by atoms with Gasteiger partial charge in [-0.3, -0.25) is 19.5 Å². The molecule has 2 aliphatic rings. The van der Waals surface area contributed by atoms with Crippen molar-refractivity contribution in [3.8, 4) is 0 Å². The molecular weight excluding hydrogens is 457 g/mol. The Morgan fingerprint density at radius 1 is 1.24 bits per heavy atom. The summed E-state index contributed by atoms with van der Waals surface area (Å²) >= 11 is 1.47. The zero-order valence-electron chi connectivity index (χ0n) is 17.8. The van der Waals surface area contributed by atoms with E-state index in [4.69, 9.17) is 0 Å². The quantitative estimate of drug-likeness (QED) is 0.588. The minimum Gasteiger partial charge on any atom is -0.384 e. The van der Waals surface area contributed by atoms with Crippen LogP contribution in [0, 0.1) is 0 Å². The summed E-state index contributed by atoms with van der Waals surface area (Å²) in [6, 6.07) is 4.39. The number of nitrogens with one attached hydrogen (secondary N) is 2. The van der Waals surface area contributed by atoms with Gasteiger partial charge in [-0.25, -0.2) is 0 Å². The summed E-state index contributed by atoms with van der Waals surface area (Å²) in [5.74, 6) is -1.12. The monoisotopic (exact) mass is 482 g/mol. The third-order valence-electron chi connectivity index (χ3n) is 6.33. The molecule has 0 radical (unpaired) electrons. The maximum Gasteiger partial charge on any atom is 0.416 e. The molecule has 1 aromatic carbocycles. The molecular formula is C22H25F3N4O3S. The number of nitrogens with zero attached hydrogens (tertiary/aromatic N) is 2. The smallest absolute Gasteiger partial charge is 0.384 e. The molecule has 33 heavy (non-hydrogen) atoms. The van der Waals surface area contributed by atoms with Crippen LogP contribution in [-0.2, 0) is 16.6 Å². The largest absolute Gasteiger partial charge is 0.416 e. The Balaban J connectivity index is 1.17. The van der Waals surface area contributed by atoms with Gasteiger partial charge in [-0.05, 0) is 43.9 Å². The molecule has 0 bridgehead atoms. The summed E-state index contributed by atoms with van der Waals surface area (Å²) in [6.07, 6.45) is 0.266. The molecule has 2 fully saturated rings. The third-order valence-corrected chi connectivity index (χ3v) is 7.29. The Morgan fingerprint density at radius 3 is 2.61 bits per heavy atom. The number of thiazole rings is 1. The third kappa shape index (κ3) is 5.53. The molecule has 2 amide bonds. The van der Waals surface area contributed by atoms with Crippen LogP contribution in [-0.4, -0.2) is 58.5 Å². The first kappa shape index (κ1) is 23.7. The predicted molar refractivity (Wildman–Crippen MR) is 116 cm³/mol. The molecule has 1 aliphatic heterocycles. The van der Waals surface area contributed by atoms with Gasteiger partial charge in [0.25, 0.3) is 5.91 Å². The van der Waals surface area contributed by atoms with Crippen LogP contribution < -0.4 is 10.6 Å². The van der Waals surface area contributed by atoms with Crippen molar-refractivity contribution >= 4 is 23.2 Å². The van der Waals surface area contributed by atoms with Crippen LogP contribution in [0.25, 0.3) is 0 Å². The number of carbonyl (C=O) groups excluding carboxylic acids is 2.